The van der Waals surface area contributed by atoms with Gasteiger partial charge in [-0.05, 0) is 52.6 Å². The van der Waals surface area contributed by atoms with Crippen molar-refractivity contribution in [3.8, 4) is 0 Å². The van der Waals surface area contributed by atoms with Crippen molar-refractivity contribution in [2.75, 3.05) is 0 Å². The minimum atomic E-state index is -1.56. The lowest BCUT2D eigenvalue weighted by atomic mass is 9.80. The van der Waals surface area contributed by atoms with E-state index in [1.807, 2.05) is 0 Å². The molecule has 3 N–H and O–H groups in total. The lowest BCUT2D eigenvalue weighted by Crippen LogP contribution is -2.47. The molecule has 26 heavy (non-hydrogen) atoms. The molecule has 0 spiro atoms. The standard InChI is InChI=1S/C18H28BNO6/c1-17(2,3)25-15(21)14(20-16(22)26-18(4,5)6)11-12-7-9-13(10-8-12)19(23)24/h7-10,14,23-24H,11H2,1-6H3,(H,20,22). The van der Waals surface area contributed by atoms with E-state index < -0.39 is 36.4 Å². The molecule has 1 rings (SSSR count). The van der Waals surface area contributed by atoms with Crippen LogP contribution in [0.5, 0.6) is 0 Å². The minimum Gasteiger partial charge on any atom is -0.458 e. The summed E-state index contributed by atoms with van der Waals surface area (Å²) in [5.74, 6) is -0.574. The second-order valence-electron chi connectivity index (χ2n) is 8.05. The Morgan fingerprint density at radius 3 is 1.92 bits per heavy atom. The summed E-state index contributed by atoms with van der Waals surface area (Å²) in [5, 5.41) is 20.8. The van der Waals surface area contributed by atoms with Crippen molar-refractivity contribution < 1.29 is 29.1 Å². The number of amides is 1. The van der Waals surface area contributed by atoms with Gasteiger partial charge in [-0.25, -0.2) is 9.59 Å². The predicted molar refractivity (Wildman–Crippen MR) is 99.0 cm³/mol. The first kappa shape index (κ1) is 22.0. The summed E-state index contributed by atoms with van der Waals surface area (Å²) in [5.41, 5.74) is -0.332. The summed E-state index contributed by atoms with van der Waals surface area (Å²) in [6, 6.07) is 5.46. The Morgan fingerprint density at radius 2 is 1.50 bits per heavy atom. The quantitative estimate of drug-likeness (QED) is 0.534. The molecular weight excluding hydrogens is 337 g/mol. The van der Waals surface area contributed by atoms with E-state index in [4.69, 9.17) is 19.5 Å². The van der Waals surface area contributed by atoms with E-state index in [1.165, 1.54) is 0 Å². The molecule has 8 heteroatoms. The first-order chi connectivity index (χ1) is 11.8. The average Bonchev–Trinajstić information content (AvgIpc) is 2.43. The maximum Gasteiger partial charge on any atom is 0.488 e. The Morgan fingerprint density at radius 1 is 1.00 bits per heavy atom. The zero-order valence-corrected chi connectivity index (χ0v) is 16.2. The largest absolute Gasteiger partial charge is 0.488 e. The number of esters is 1. The Balaban J connectivity index is 2.92. The molecule has 0 saturated carbocycles. The zero-order valence-electron chi connectivity index (χ0n) is 16.2. The first-order valence-corrected chi connectivity index (χ1v) is 8.44. The van der Waals surface area contributed by atoms with E-state index in [9.17, 15) is 9.59 Å². The molecular formula is C18H28BNO6. The van der Waals surface area contributed by atoms with Crippen LogP contribution in [-0.2, 0) is 20.7 Å². The lowest BCUT2D eigenvalue weighted by molar-refractivity contribution is -0.157. The van der Waals surface area contributed by atoms with Crippen LogP contribution in [0.1, 0.15) is 47.1 Å². The van der Waals surface area contributed by atoms with Gasteiger partial charge in [0.2, 0.25) is 0 Å². The molecule has 1 amide bonds. The van der Waals surface area contributed by atoms with E-state index in [1.54, 1.807) is 65.8 Å². The van der Waals surface area contributed by atoms with Gasteiger partial charge in [0.25, 0.3) is 0 Å². The number of ether oxygens (including phenoxy) is 2. The number of rotatable bonds is 5. The molecule has 0 aliphatic rings. The van der Waals surface area contributed by atoms with Gasteiger partial charge in [-0.15, -0.1) is 0 Å². The summed E-state index contributed by atoms with van der Waals surface area (Å²) >= 11 is 0. The number of nitrogens with one attached hydrogen (secondary N) is 1. The Hall–Kier alpha value is -2.06. The number of alkyl carbamates (subject to hydrolysis) is 1. The van der Waals surface area contributed by atoms with Gasteiger partial charge in [0.1, 0.15) is 17.2 Å². The van der Waals surface area contributed by atoms with Crippen LogP contribution >= 0.6 is 0 Å². The Labute approximate surface area is 154 Å². The third-order valence-corrected chi connectivity index (χ3v) is 3.10. The fourth-order valence-electron chi connectivity index (χ4n) is 2.08. The van der Waals surface area contributed by atoms with Crippen molar-refractivity contribution in [1.29, 1.82) is 0 Å². The van der Waals surface area contributed by atoms with Gasteiger partial charge in [0, 0.05) is 6.42 Å². The van der Waals surface area contributed by atoms with Crippen LogP contribution in [0.15, 0.2) is 24.3 Å². The van der Waals surface area contributed by atoms with Gasteiger partial charge in [-0.2, -0.15) is 0 Å². The Kier molecular flexibility index (Phi) is 7.23. The molecule has 0 aliphatic carbocycles. The summed E-state index contributed by atoms with van der Waals surface area (Å²) in [7, 11) is -1.56. The molecule has 1 atom stereocenters. The van der Waals surface area contributed by atoms with Crippen LogP contribution in [0.3, 0.4) is 0 Å². The second kappa shape index (κ2) is 8.55. The van der Waals surface area contributed by atoms with Gasteiger partial charge in [0.15, 0.2) is 0 Å². The minimum absolute atomic E-state index is 0.177. The first-order valence-electron chi connectivity index (χ1n) is 8.44. The van der Waals surface area contributed by atoms with Crippen molar-refractivity contribution in [2.24, 2.45) is 0 Å². The SMILES string of the molecule is CC(C)(C)OC(=O)NC(Cc1ccc(B(O)O)cc1)C(=O)OC(C)(C)C. The summed E-state index contributed by atoms with van der Waals surface area (Å²) in [6.07, 6.45) is -0.536. The number of hydrogen-bond acceptors (Lipinski definition) is 6. The summed E-state index contributed by atoms with van der Waals surface area (Å²) in [4.78, 5) is 24.5. The average molecular weight is 365 g/mol. The van der Waals surface area contributed by atoms with E-state index >= 15 is 0 Å². The number of benzene rings is 1. The topological polar surface area (TPSA) is 105 Å². The van der Waals surface area contributed by atoms with Gasteiger partial charge < -0.3 is 24.8 Å². The van der Waals surface area contributed by atoms with Gasteiger partial charge in [-0.3, -0.25) is 0 Å². The molecule has 7 nitrogen and oxygen atoms in total. The molecule has 0 heterocycles. The lowest BCUT2D eigenvalue weighted by Gasteiger charge is -2.26. The van der Waals surface area contributed by atoms with Crippen molar-refractivity contribution in [1.82, 2.24) is 5.32 Å². The molecule has 0 bridgehead atoms. The highest BCUT2D eigenvalue weighted by atomic mass is 16.6. The van der Waals surface area contributed by atoms with E-state index in [0.29, 0.717) is 5.46 Å². The van der Waals surface area contributed by atoms with E-state index in [2.05, 4.69) is 5.32 Å². The monoisotopic (exact) mass is 365 g/mol. The maximum absolute atomic E-state index is 12.5. The van der Waals surface area contributed by atoms with Gasteiger partial charge >= 0.3 is 19.2 Å². The van der Waals surface area contributed by atoms with Crippen LogP contribution < -0.4 is 10.8 Å². The van der Waals surface area contributed by atoms with Crippen LogP contribution in [-0.4, -0.2) is 46.5 Å². The smallest absolute Gasteiger partial charge is 0.458 e. The fourth-order valence-corrected chi connectivity index (χ4v) is 2.08. The summed E-state index contributed by atoms with van der Waals surface area (Å²) in [6.45, 7) is 10.4. The highest BCUT2D eigenvalue weighted by molar-refractivity contribution is 6.58. The van der Waals surface area contributed by atoms with Crippen molar-refractivity contribution in [3.05, 3.63) is 29.8 Å². The molecule has 0 aromatic heterocycles. The van der Waals surface area contributed by atoms with Crippen LogP contribution in [0, 0.1) is 0 Å². The van der Waals surface area contributed by atoms with Gasteiger partial charge in [-0.1, -0.05) is 24.3 Å². The molecule has 0 fully saturated rings. The third-order valence-electron chi connectivity index (χ3n) is 3.10. The van der Waals surface area contributed by atoms with Crippen LogP contribution in [0.25, 0.3) is 0 Å². The number of carbonyl (C=O) groups is 2. The zero-order chi connectivity index (χ0) is 20.1. The number of hydrogen-bond donors (Lipinski definition) is 3. The molecule has 144 valence electrons. The molecule has 0 radical (unpaired) electrons. The van der Waals surface area contributed by atoms with E-state index in [-0.39, 0.29) is 6.42 Å². The molecule has 1 unspecified atom stereocenters. The van der Waals surface area contributed by atoms with Crippen LogP contribution in [0.4, 0.5) is 4.79 Å². The Bertz CT molecular complexity index is 616. The predicted octanol–water partition coefficient (Wildman–Crippen LogP) is 1.14. The highest BCUT2D eigenvalue weighted by Crippen LogP contribution is 2.13. The van der Waals surface area contributed by atoms with E-state index in [0.717, 1.165) is 5.56 Å². The highest BCUT2D eigenvalue weighted by Gasteiger charge is 2.29. The van der Waals surface area contributed by atoms with Crippen molar-refractivity contribution in [2.45, 2.75) is 65.2 Å². The molecule has 0 saturated heterocycles. The van der Waals surface area contributed by atoms with Crippen molar-refractivity contribution in [3.63, 3.8) is 0 Å². The molecule has 1 aromatic rings. The number of carbonyl (C=O) groups excluding carboxylic acids is 2. The summed E-state index contributed by atoms with van der Waals surface area (Å²) < 4.78 is 10.6. The van der Waals surface area contributed by atoms with Crippen LogP contribution in [0.2, 0.25) is 0 Å². The second-order valence-corrected chi connectivity index (χ2v) is 8.05. The molecule has 0 aliphatic heterocycles. The van der Waals surface area contributed by atoms with Gasteiger partial charge in [0.05, 0.1) is 0 Å². The molecule has 1 aromatic carbocycles. The maximum atomic E-state index is 12.5. The normalized spacial score (nSPS) is 12.9. The fraction of sp³-hybridized carbons (Fsp3) is 0.556. The third kappa shape index (κ3) is 8.35. The van der Waals surface area contributed by atoms with Crippen molar-refractivity contribution >= 4 is 24.6 Å².